The van der Waals surface area contributed by atoms with E-state index in [0.717, 1.165) is 6.42 Å². The van der Waals surface area contributed by atoms with Crippen molar-refractivity contribution in [2.75, 3.05) is 12.8 Å². The van der Waals surface area contributed by atoms with E-state index in [1.54, 1.807) is 6.07 Å². The van der Waals surface area contributed by atoms with Gasteiger partial charge in [-0.2, -0.15) is 0 Å². The van der Waals surface area contributed by atoms with Crippen molar-refractivity contribution in [2.45, 2.75) is 38.2 Å². The highest BCUT2D eigenvalue weighted by molar-refractivity contribution is 7.89. The molecule has 3 N–H and O–H groups in total. The summed E-state index contributed by atoms with van der Waals surface area (Å²) in [6.45, 7) is 6.15. The maximum absolute atomic E-state index is 11.7. The molecule has 5 nitrogen and oxygen atoms in total. The third-order valence-electron chi connectivity index (χ3n) is 2.70. The zero-order valence-corrected chi connectivity index (χ0v) is 12.6. The quantitative estimate of drug-likeness (QED) is 0.784. The molecule has 0 aliphatic heterocycles. The first-order valence-electron chi connectivity index (χ1n) is 6.26. The number of benzene rings is 1. The smallest absolute Gasteiger partial charge is 0.240 e. The average Bonchev–Trinajstić information content (AvgIpc) is 2.30. The second-order valence-corrected chi connectivity index (χ2v) is 6.85. The van der Waals surface area contributed by atoms with Crippen molar-refractivity contribution in [3.8, 4) is 5.75 Å². The molecule has 0 spiro atoms. The van der Waals surface area contributed by atoms with Crippen LogP contribution in [-0.2, 0) is 10.0 Å². The molecule has 1 aromatic carbocycles. The van der Waals surface area contributed by atoms with Gasteiger partial charge in [-0.1, -0.05) is 13.8 Å². The molecule has 1 atom stereocenters. The lowest BCUT2D eigenvalue weighted by atomic mass is 10.1. The summed E-state index contributed by atoms with van der Waals surface area (Å²) in [6, 6.07) is 4.46. The number of ether oxygens (including phenoxy) is 1. The van der Waals surface area contributed by atoms with Crippen LogP contribution in [0.15, 0.2) is 23.1 Å². The number of sulfonamides is 1. The molecule has 0 bridgehead atoms. The summed E-state index contributed by atoms with van der Waals surface area (Å²) >= 11 is 0. The highest BCUT2D eigenvalue weighted by atomic mass is 32.2. The lowest BCUT2D eigenvalue weighted by molar-refractivity contribution is 0.194. The van der Waals surface area contributed by atoms with E-state index in [0.29, 0.717) is 17.4 Å². The Morgan fingerprint density at radius 2 is 1.95 bits per heavy atom. The monoisotopic (exact) mass is 286 g/mol. The minimum absolute atomic E-state index is 0.0187. The Hall–Kier alpha value is -1.27. The molecule has 1 unspecified atom stereocenters. The molecular formula is C13H22N2O3S. The minimum atomic E-state index is -3.48. The van der Waals surface area contributed by atoms with Crippen LogP contribution >= 0.6 is 0 Å². The van der Waals surface area contributed by atoms with Crippen molar-refractivity contribution in [1.29, 1.82) is 0 Å². The van der Waals surface area contributed by atoms with E-state index in [9.17, 15) is 8.42 Å². The Morgan fingerprint density at radius 1 is 1.32 bits per heavy atom. The molecular weight excluding hydrogens is 264 g/mol. The predicted molar refractivity (Wildman–Crippen MR) is 76.6 cm³/mol. The molecule has 0 saturated heterocycles. The Morgan fingerprint density at radius 3 is 2.47 bits per heavy atom. The summed E-state index contributed by atoms with van der Waals surface area (Å²) in [6.07, 6.45) is 0.859. The van der Waals surface area contributed by atoms with Crippen molar-refractivity contribution < 1.29 is 13.2 Å². The predicted octanol–water partition coefficient (Wildman–Crippen LogP) is 1.99. The van der Waals surface area contributed by atoms with Gasteiger partial charge in [-0.15, -0.1) is 0 Å². The first kappa shape index (κ1) is 15.8. The molecule has 0 amide bonds. The molecule has 108 valence electrons. The maximum Gasteiger partial charge on any atom is 0.240 e. The van der Waals surface area contributed by atoms with Gasteiger partial charge >= 0.3 is 0 Å². The first-order chi connectivity index (χ1) is 8.76. The van der Waals surface area contributed by atoms with Crippen molar-refractivity contribution in [3.05, 3.63) is 18.2 Å². The van der Waals surface area contributed by atoms with Gasteiger partial charge in [-0.3, -0.25) is 0 Å². The van der Waals surface area contributed by atoms with Crippen LogP contribution in [-0.4, -0.2) is 21.6 Å². The normalized spacial score (nSPS) is 13.5. The summed E-state index contributed by atoms with van der Waals surface area (Å²) in [5.74, 6) is 0.907. The van der Waals surface area contributed by atoms with Crippen molar-refractivity contribution >= 4 is 15.7 Å². The lowest BCUT2D eigenvalue weighted by Gasteiger charge is -2.18. The standard InChI is InChI=1S/C13H22N2O3S/c1-9(2)7-10(3)18-13-8-11(5-6-12(13)14)19(16,17)15-4/h5-6,8-10,15H,7,14H2,1-4H3. The average molecular weight is 286 g/mol. The number of nitrogens with one attached hydrogen (secondary N) is 1. The molecule has 0 heterocycles. The fourth-order valence-electron chi connectivity index (χ4n) is 1.83. The molecule has 0 saturated carbocycles. The van der Waals surface area contributed by atoms with E-state index < -0.39 is 10.0 Å². The number of rotatable bonds is 6. The van der Waals surface area contributed by atoms with Gasteiger partial charge in [0.15, 0.2) is 0 Å². The molecule has 6 heteroatoms. The molecule has 0 aliphatic rings. The van der Waals surface area contributed by atoms with Crippen LogP contribution in [0.1, 0.15) is 27.2 Å². The van der Waals surface area contributed by atoms with Crippen LogP contribution in [0.2, 0.25) is 0 Å². The fraction of sp³-hybridized carbons (Fsp3) is 0.538. The SMILES string of the molecule is CNS(=O)(=O)c1ccc(N)c(OC(C)CC(C)C)c1. The first-order valence-corrected chi connectivity index (χ1v) is 7.74. The number of nitrogens with two attached hydrogens (primary N) is 1. The Bertz CT molecular complexity index is 527. The second-order valence-electron chi connectivity index (χ2n) is 4.97. The van der Waals surface area contributed by atoms with E-state index in [1.165, 1.54) is 19.2 Å². The van der Waals surface area contributed by atoms with Crippen molar-refractivity contribution in [1.82, 2.24) is 4.72 Å². The number of anilines is 1. The van der Waals surface area contributed by atoms with Gasteiger partial charge in [0.05, 0.1) is 16.7 Å². The second kappa shape index (κ2) is 6.25. The summed E-state index contributed by atoms with van der Waals surface area (Å²) in [7, 11) is -2.11. The van der Waals surface area contributed by atoms with E-state index in [-0.39, 0.29) is 11.0 Å². The van der Waals surface area contributed by atoms with E-state index in [1.807, 2.05) is 6.92 Å². The van der Waals surface area contributed by atoms with Gasteiger partial charge in [0.2, 0.25) is 10.0 Å². The third-order valence-corrected chi connectivity index (χ3v) is 4.11. The fourth-order valence-corrected chi connectivity index (χ4v) is 2.58. The Balaban J connectivity index is 2.98. The molecule has 0 radical (unpaired) electrons. The lowest BCUT2D eigenvalue weighted by Crippen LogP contribution is -2.19. The van der Waals surface area contributed by atoms with Crippen molar-refractivity contribution in [3.63, 3.8) is 0 Å². The summed E-state index contributed by atoms with van der Waals surface area (Å²) < 4.78 is 31.4. The third kappa shape index (κ3) is 4.40. The molecule has 1 aromatic rings. The summed E-state index contributed by atoms with van der Waals surface area (Å²) in [5, 5.41) is 0. The summed E-state index contributed by atoms with van der Waals surface area (Å²) in [5.41, 5.74) is 6.25. The van der Waals surface area contributed by atoms with Gasteiger partial charge in [0.25, 0.3) is 0 Å². The molecule has 0 fully saturated rings. The highest BCUT2D eigenvalue weighted by Crippen LogP contribution is 2.27. The largest absolute Gasteiger partial charge is 0.489 e. The van der Waals surface area contributed by atoms with Crippen LogP contribution < -0.4 is 15.2 Å². The van der Waals surface area contributed by atoms with Gasteiger partial charge in [-0.25, -0.2) is 13.1 Å². The number of nitrogen functional groups attached to an aromatic ring is 1. The van der Waals surface area contributed by atoms with Gasteiger partial charge in [0, 0.05) is 6.07 Å². The topological polar surface area (TPSA) is 81.4 Å². The van der Waals surface area contributed by atoms with Crippen LogP contribution in [0.25, 0.3) is 0 Å². The minimum Gasteiger partial charge on any atom is -0.489 e. The summed E-state index contributed by atoms with van der Waals surface area (Å²) in [4.78, 5) is 0.149. The number of hydrogen-bond acceptors (Lipinski definition) is 4. The van der Waals surface area contributed by atoms with Gasteiger partial charge in [0.1, 0.15) is 5.75 Å². The molecule has 0 aliphatic carbocycles. The zero-order chi connectivity index (χ0) is 14.6. The highest BCUT2D eigenvalue weighted by Gasteiger charge is 2.15. The van der Waals surface area contributed by atoms with Gasteiger partial charge < -0.3 is 10.5 Å². The van der Waals surface area contributed by atoms with Crippen LogP contribution in [0.3, 0.4) is 0 Å². The maximum atomic E-state index is 11.7. The van der Waals surface area contributed by atoms with Crippen LogP contribution in [0.5, 0.6) is 5.75 Å². The number of hydrogen-bond donors (Lipinski definition) is 2. The molecule has 1 rings (SSSR count). The zero-order valence-electron chi connectivity index (χ0n) is 11.8. The Labute approximate surface area is 115 Å². The van der Waals surface area contributed by atoms with E-state index in [2.05, 4.69) is 18.6 Å². The Kier molecular flexibility index (Phi) is 5.20. The molecule has 0 aromatic heterocycles. The van der Waals surface area contributed by atoms with E-state index >= 15 is 0 Å². The van der Waals surface area contributed by atoms with E-state index in [4.69, 9.17) is 10.5 Å². The van der Waals surface area contributed by atoms with Crippen molar-refractivity contribution in [2.24, 2.45) is 5.92 Å². The van der Waals surface area contributed by atoms with Crippen LogP contribution in [0, 0.1) is 5.92 Å². The molecule has 19 heavy (non-hydrogen) atoms. The van der Waals surface area contributed by atoms with Crippen LogP contribution in [0.4, 0.5) is 5.69 Å². The van der Waals surface area contributed by atoms with Gasteiger partial charge in [-0.05, 0) is 38.4 Å².